The van der Waals surface area contributed by atoms with Crippen LogP contribution in [0.1, 0.15) is 21.5 Å². The fraction of sp³-hybridized carbons (Fsp3) is 0.200. The number of benzene rings is 3. The van der Waals surface area contributed by atoms with Gasteiger partial charge in [0.05, 0.1) is 12.7 Å². The fourth-order valence-electron chi connectivity index (χ4n) is 2.94. The minimum atomic E-state index is -0.561. The molecule has 3 rings (SSSR count). The summed E-state index contributed by atoms with van der Waals surface area (Å²) in [5.74, 6) is 0.509. The van der Waals surface area contributed by atoms with Crippen LogP contribution in [-0.4, -0.2) is 32.1 Å². The van der Waals surface area contributed by atoms with Crippen LogP contribution in [0.5, 0.6) is 11.5 Å². The summed E-state index contributed by atoms with van der Waals surface area (Å²) >= 11 is 0. The van der Waals surface area contributed by atoms with Crippen LogP contribution < -0.4 is 14.8 Å². The number of rotatable bonds is 10. The number of ether oxygens (including phenoxy) is 3. The van der Waals surface area contributed by atoms with Crippen LogP contribution in [0, 0.1) is 0 Å². The number of amides is 1. The molecule has 1 N–H and O–H groups in total. The van der Waals surface area contributed by atoms with Crippen LogP contribution in [0.3, 0.4) is 0 Å². The maximum atomic E-state index is 12.2. The highest BCUT2D eigenvalue weighted by molar-refractivity contribution is 5.91. The molecule has 160 valence electrons. The molecule has 3 aromatic carbocycles. The highest BCUT2D eigenvalue weighted by atomic mass is 16.5. The van der Waals surface area contributed by atoms with Gasteiger partial charge in [-0.25, -0.2) is 4.79 Å². The summed E-state index contributed by atoms with van der Waals surface area (Å²) in [4.78, 5) is 24.1. The molecule has 6 nitrogen and oxygen atoms in total. The van der Waals surface area contributed by atoms with Gasteiger partial charge >= 0.3 is 5.97 Å². The number of esters is 1. The summed E-state index contributed by atoms with van der Waals surface area (Å²) in [6.45, 7) is 0.529. The molecule has 0 saturated carbocycles. The molecule has 0 bridgehead atoms. The van der Waals surface area contributed by atoms with Crippen molar-refractivity contribution in [1.29, 1.82) is 0 Å². The maximum Gasteiger partial charge on any atom is 0.338 e. The van der Waals surface area contributed by atoms with E-state index >= 15 is 0 Å². The summed E-state index contributed by atoms with van der Waals surface area (Å²) in [5.41, 5.74) is 2.41. The van der Waals surface area contributed by atoms with Gasteiger partial charge in [-0.2, -0.15) is 0 Å². The normalized spacial score (nSPS) is 10.2. The zero-order chi connectivity index (χ0) is 21.9. The molecule has 0 aromatic heterocycles. The van der Waals surface area contributed by atoms with Crippen LogP contribution in [-0.2, 0) is 22.6 Å². The third-order valence-electron chi connectivity index (χ3n) is 4.58. The topological polar surface area (TPSA) is 73.9 Å². The molecule has 0 radical (unpaired) electrons. The van der Waals surface area contributed by atoms with Gasteiger partial charge in [0, 0.05) is 6.54 Å². The summed E-state index contributed by atoms with van der Waals surface area (Å²) in [6.07, 6.45) is 0.619. The van der Waals surface area contributed by atoms with Crippen LogP contribution in [0.25, 0.3) is 0 Å². The first kappa shape index (κ1) is 21.9. The maximum absolute atomic E-state index is 12.2. The van der Waals surface area contributed by atoms with Crippen LogP contribution in [0.4, 0.5) is 0 Å². The third-order valence-corrected chi connectivity index (χ3v) is 4.58. The molecule has 0 spiro atoms. The second-order valence-electron chi connectivity index (χ2n) is 6.79. The number of nitrogens with one attached hydrogen (secondary N) is 1. The molecule has 0 aliphatic heterocycles. The monoisotopic (exact) mass is 419 g/mol. The van der Waals surface area contributed by atoms with E-state index in [4.69, 9.17) is 14.2 Å². The lowest BCUT2D eigenvalue weighted by Gasteiger charge is -2.10. The molecule has 31 heavy (non-hydrogen) atoms. The molecular weight excluding hydrogens is 394 g/mol. The van der Waals surface area contributed by atoms with Crippen molar-refractivity contribution in [3.63, 3.8) is 0 Å². The average molecular weight is 419 g/mol. The van der Waals surface area contributed by atoms with E-state index in [1.54, 1.807) is 31.4 Å². The quantitative estimate of drug-likeness (QED) is 0.506. The zero-order valence-corrected chi connectivity index (χ0v) is 17.4. The SMILES string of the molecule is COc1ccccc1CCNC(=O)COC(=O)c1ccc(OCc2ccccc2)cc1. The molecule has 1 amide bonds. The van der Waals surface area contributed by atoms with E-state index in [1.807, 2.05) is 54.6 Å². The second-order valence-corrected chi connectivity index (χ2v) is 6.79. The Morgan fingerprint density at radius 3 is 2.32 bits per heavy atom. The molecule has 0 atom stereocenters. The van der Waals surface area contributed by atoms with Crippen LogP contribution in [0.2, 0.25) is 0 Å². The van der Waals surface area contributed by atoms with Crippen molar-refractivity contribution >= 4 is 11.9 Å². The first-order chi connectivity index (χ1) is 15.2. The number of carbonyl (C=O) groups excluding carboxylic acids is 2. The Balaban J connectivity index is 1.39. The van der Waals surface area contributed by atoms with Crippen molar-refractivity contribution in [1.82, 2.24) is 5.32 Å². The van der Waals surface area contributed by atoms with E-state index < -0.39 is 5.97 Å². The minimum absolute atomic E-state index is 0.336. The van der Waals surface area contributed by atoms with Crippen molar-refractivity contribution in [3.8, 4) is 11.5 Å². The summed E-state index contributed by atoms with van der Waals surface area (Å²) in [5, 5.41) is 2.74. The van der Waals surface area contributed by atoms with Crippen LogP contribution >= 0.6 is 0 Å². The van der Waals surface area contributed by atoms with Gasteiger partial charge in [-0.05, 0) is 47.9 Å². The number of hydrogen-bond acceptors (Lipinski definition) is 5. The van der Waals surface area contributed by atoms with Gasteiger partial charge in [0.2, 0.25) is 0 Å². The molecule has 0 fully saturated rings. The average Bonchev–Trinajstić information content (AvgIpc) is 2.82. The van der Waals surface area contributed by atoms with E-state index in [2.05, 4.69) is 5.32 Å². The zero-order valence-electron chi connectivity index (χ0n) is 17.4. The number of carbonyl (C=O) groups is 2. The van der Waals surface area contributed by atoms with Crippen molar-refractivity contribution < 1.29 is 23.8 Å². The Morgan fingerprint density at radius 1 is 0.871 bits per heavy atom. The predicted octanol–water partition coefficient (Wildman–Crippen LogP) is 3.79. The molecule has 0 aliphatic carbocycles. The molecule has 6 heteroatoms. The number of hydrogen-bond donors (Lipinski definition) is 1. The Kier molecular flexibility index (Phi) is 8.05. The molecule has 0 heterocycles. The van der Waals surface area contributed by atoms with Gasteiger partial charge in [0.15, 0.2) is 6.61 Å². The fourth-order valence-corrected chi connectivity index (χ4v) is 2.94. The highest BCUT2D eigenvalue weighted by Crippen LogP contribution is 2.17. The minimum Gasteiger partial charge on any atom is -0.496 e. The number of para-hydroxylation sites is 1. The summed E-state index contributed by atoms with van der Waals surface area (Å²) in [6, 6.07) is 24.1. The Labute approximate surface area is 181 Å². The molecule has 0 saturated heterocycles. The van der Waals surface area contributed by atoms with E-state index in [0.29, 0.717) is 30.9 Å². The molecule has 0 aliphatic rings. The highest BCUT2D eigenvalue weighted by Gasteiger charge is 2.11. The standard InChI is InChI=1S/C25H25NO5/c1-29-23-10-6-5-9-20(23)15-16-26-24(27)18-31-25(28)21-11-13-22(14-12-21)30-17-19-7-3-2-4-8-19/h2-14H,15-18H2,1H3,(H,26,27). The molecule has 0 unspecified atom stereocenters. The lowest BCUT2D eigenvalue weighted by atomic mass is 10.1. The van der Waals surface area contributed by atoms with Gasteiger partial charge < -0.3 is 19.5 Å². The second kappa shape index (κ2) is 11.4. The first-order valence-corrected chi connectivity index (χ1v) is 9.98. The van der Waals surface area contributed by atoms with E-state index in [-0.39, 0.29) is 12.5 Å². The van der Waals surface area contributed by atoms with Crippen molar-refractivity contribution in [2.24, 2.45) is 0 Å². The van der Waals surface area contributed by atoms with Crippen LogP contribution in [0.15, 0.2) is 78.9 Å². The van der Waals surface area contributed by atoms with Gasteiger partial charge in [-0.1, -0.05) is 48.5 Å². The Morgan fingerprint density at radius 2 is 1.58 bits per heavy atom. The van der Waals surface area contributed by atoms with Gasteiger partial charge in [-0.15, -0.1) is 0 Å². The van der Waals surface area contributed by atoms with E-state index in [1.165, 1.54) is 0 Å². The van der Waals surface area contributed by atoms with Gasteiger partial charge in [0.25, 0.3) is 5.91 Å². The Bertz CT molecular complexity index is 986. The van der Waals surface area contributed by atoms with Gasteiger partial charge in [-0.3, -0.25) is 4.79 Å². The van der Waals surface area contributed by atoms with E-state index in [9.17, 15) is 9.59 Å². The predicted molar refractivity (Wildman–Crippen MR) is 117 cm³/mol. The summed E-state index contributed by atoms with van der Waals surface area (Å²) < 4.78 is 16.1. The third kappa shape index (κ3) is 6.89. The lowest BCUT2D eigenvalue weighted by Crippen LogP contribution is -2.30. The number of methoxy groups -OCH3 is 1. The van der Waals surface area contributed by atoms with Gasteiger partial charge in [0.1, 0.15) is 18.1 Å². The first-order valence-electron chi connectivity index (χ1n) is 9.98. The smallest absolute Gasteiger partial charge is 0.338 e. The molecule has 3 aromatic rings. The lowest BCUT2D eigenvalue weighted by molar-refractivity contribution is -0.124. The summed E-state index contributed by atoms with van der Waals surface area (Å²) in [7, 11) is 1.61. The largest absolute Gasteiger partial charge is 0.496 e. The van der Waals surface area contributed by atoms with Crippen molar-refractivity contribution in [2.75, 3.05) is 20.3 Å². The van der Waals surface area contributed by atoms with E-state index in [0.717, 1.165) is 16.9 Å². The van der Waals surface area contributed by atoms with Crippen molar-refractivity contribution in [3.05, 3.63) is 95.6 Å². The molecular formula is C25H25NO5. The van der Waals surface area contributed by atoms with Crippen molar-refractivity contribution in [2.45, 2.75) is 13.0 Å². The Hall–Kier alpha value is -3.80.